The van der Waals surface area contributed by atoms with Crippen LogP contribution in [0.15, 0.2) is 79.0 Å². The molecule has 0 fully saturated rings. The molecule has 0 spiro atoms. The number of rotatable bonds is 7. The van der Waals surface area contributed by atoms with E-state index in [-0.39, 0.29) is 5.91 Å². The average molecular weight is 386 g/mol. The topological polar surface area (TPSA) is 60.2 Å². The maximum Gasteiger partial charge on any atom is 0.276 e. The fourth-order valence-electron chi connectivity index (χ4n) is 3.32. The highest BCUT2D eigenvalue weighted by molar-refractivity contribution is 5.92. The van der Waals surface area contributed by atoms with Crippen molar-refractivity contribution in [2.45, 2.75) is 6.54 Å². The molecule has 6 heteroatoms. The molecule has 0 radical (unpaired) electrons. The van der Waals surface area contributed by atoms with E-state index in [4.69, 9.17) is 4.74 Å². The van der Waals surface area contributed by atoms with Crippen LogP contribution in [0.5, 0.6) is 0 Å². The van der Waals surface area contributed by atoms with Crippen LogP contribution in [0.2, 0.25) is 0 Å². The van der Waals surface area contributed by atoms with Gasteiger partial charge < -0.3 is 9.64 Å². The fraction of sp³-hybridized carbons (Fsp3) is 0.174. The Balaban J connectivity index is 1.61. The summed E-state index contributed by atoms with van der Waals surface area (Å²) in [5.41, 5.74) is 2.25. The smallest absolute Gasteiger partial charge is 0.276 e. The summed E-state index contributed by atoms with van der Waals surface area (Å²) >= 11 is 0. The van der Waals surface area contributed by atoms with E-state index in [1.165, 1.54) is 0 Å². The third-order valence-corrected chi connectivity index (χ3v) is 4.83. The third kappa shape index (κ3) is 4.17. The van der Waals surface area contributed by atoms with E-state index in [1.807, 2.05) is 48.5 Å². The van der Waals surface area contributed by atoms with Crippen LogP contribution in [0.4, 0.5) is 0 Å². The lowest BCUT2D eigenvalue weighted by Crippen LogP contribution is -2.33. The second-order valence-corrected chi connectivity index (χ2v) is 6.74. The zero-order chi connectivity index (χ0) is 20.1. The van der Waals surface area contributed by atoms with Gasteiger partial charge in [-0.05, 0) is 28.5 Å². The van der Waals surface area contributed by atoms with Gasteiger partial charge in [-0.3, -0.25) is 4.79 Å². The number of para-hydroxylation sites is 1. The van der Waals surface area contributed by atoms with Crippen molar-refractivity contribution >= 4 is 16.7 Å². The number of amides is 1. The zero-order valence-corrected chi connectivity index (χ0v) is 16.2. The lowest BCUT2D eigenvalue weighted by Gasteiger charge is -2.22. The Morgan fingerprint density at radius 3 is 2.59 bits per heavy atom. The maximum atomic E-state index is 13.2. The number of hydrogen-bond donors (Lipinski definition) is 0. The van der Waals surface area contributed by atoms with Gasteiger partial charge in [0.25, 0.3) is 5.91 Å². The van der Waals surface area contributed by atoms with E-state index in [2.05, 4.69) is 34.6 Å². The molecule has 0 aliphatic heterocycles. The molecule has 1 heterocycles. The number of carbonyl (C=O) groups excluding carboxylic acids is 1. The summed E-state index contributed by atoms with van der Waals surface area (Å²) in [6.45, 7) is 1.39. The van der Waals surface area contributed by atoms with Gasteiger partial charge in [-0.25, -0.2) is 4.68 Å². The number of ether oxygens (including phenoxy) is 1. The monoisotopic (exact) mass is 386 g/mol. The van der Waals surface area contributed by atoms with E-state index < -0.39 is 0 Å². The van der Waals surface area contributed by atoms with Crippen molar-refractivity contribution in [2.75, 3.05) is 20.3 Å². The molecule has 0 bridgehead atoms. The highest BCUT2D eigenvalue weighted by atomic mass is 16.5. The number of aromatic nitrogens is 3. The minimum absolute atomic E-state index is 0.169. The summed E-state index contributed by atoms with van der Waals surface area (Å²) in [4.78, 5) is 14.9. The van der Waals surface area contributed by atoms with Crippen LogP contribution in [0, 0.1) is 0 Å². The van der Waals surface area contributed by atoms with Crippen molar-refractivity contribution in [3.8, 4) is 5.69 Å². The number of methoxy groups -OCH3 is 1. The predicted molar refractivity (Wildman–Crippen MR) is 112 cm³/mol. The molecule has 0 saturated carbocycles. The van der Waals surface area contributed by atoms with Crippen LogP contribution in [-0.4, -0.2) is 46.1 Å². The number of nitrogens with zero attached hydrogens (tertiary/aromatic N) is 4. The van der Waals surface area contributed by atoms with Crippen LogP contribution >= 0.6 is 0 Å². The standard InChI is InChI=1S/C23H22N4O2/c1-29-15-14-26(16-19-10-7-9-18-8-5-6-13-21(18)19)23(28)22-17-27(25-24-22)20-11-3-2-4-12-20/h2-13,17H,14-16H2,1H3. The minimum atomic E-state index is -0.169. The molecule has 4 aromatic rings. The lowest BCUT2D eigenvalue weighted by atomic mass is 10.0. The van der Waals surface area contributed by atoms with E-state index in [1.54, 1.807) is 22.9 Å². The van der Waals surface area contributed by atoms with Crippen molar-refractivity contribution in [3.05, 3.63) is 90.3 Å². The van der Waals surface area contributed by atoms with E-state index in [0.717, 1.165) is 22.0 Å². The normalized spacial score (nSPS) is 10.9. The predicted octanol–water partition coefficient (Wildman–Crippen LogP) is 3.71. The Kier molecular flexibility index (Phi) is 5.63. The molecule has 1 aromatic heterocycles. The Hall–Kier alpha value is -3.51. The number of carbonyl (C=O) groups is 1. The number of hydrogen-bond acceptors (Lipinski definition) is 4. The molecule has 0 unspecified atom stereocenters. The summed E-state index contributed by atoms with van der Waals surface area (Å²) < 4.78 is 6.83. The second kappa shape index (κ2) is 8.67. The van der Waals surface area contributed by atoms with Gasteiger partial charge in [0.2, 0.25) is 0 Å². The van der Waals surface area contributed by atoms with Crippen LogP contribution in [-0.2, 0) is 11.3 Å². The first-order valence-corrected chi connectivity index (χ1v) is 9.49. The number of fused-ring (bicyclic) bond motifs is 1. The van der Waals surface area contributed by atoms with Crippen molar-refractivity contribution in [2.24, 2.45) is 0 Å². The molecule has 3 aromatic carbocycles. The maximum absolute atomic E-state index is 13.2. The lowest BCUT2D eigenvalue weighted by molar-refractivity contribution is 0.0675. The van der Waals surface area contributed by atoms with Gasteiger partial charge in [-0.2, -0.15) is 0 Å². The van der Waals surface area contributed by atoms with Crippen molar-refractivity contribution < 1.29 is 9.53 Å². The fourth-order valence-corrected chi connectivity index (χ4v) is 3.32. The SMILES string of the molecule is COCCN(Cc1cccc2ccccc12)C(=O)c1cn(-c2ccccc2)nn1. The quantitative estimate of drug-likeness (QED) is 0.486. The molecular formula is C23H22N4O2. The second-order valence-electron chi connectivity index (χ2n) is 6.74. The molecule has 0 N–H and O–H groups in total. The molecule has 6 nitrogen and oxygen atoms in total. The molecule has 0 aliphatic rings. The first-order valence-electron chi connectivity index (χ1n) is 9.49. The summed E-state index contributed by atoms with van der Waals surface area (Å²) in [5, 5.41) is 10.5. The molecule has 0 atom stereocenters. The van der Waals surface area contributed by atoms with Crippen LogP contribution in [0.3, 0.4) is 0 Å². The van der Waals surface area contributed by atoms with Gasteiger partial charge in [0.1, 0.15) is 0 Å². The summed E-state index contributed by atoms with van der Waals surface area (Å²) in [5.74, 6) is -0.169. The van der Waals surface area contributed by atoms with Gasteiger partial charge in [0, 0.05) is 20.2 Å². The molecule has 146 valence electrons. The average Bonchev–Trinajstić information content (AvgIpc) is 3.27. The Bertz CT molecular complexity index is 1100. The van der Waals surface area contributed by atoms with Gasteiger partial charge in [-0.15, -0.1) is 5.10 Å². The molecule has 29 heavy (non-hydrogen) atoms. The van der Waals surface area contributed by atoms with E-state index in [9.17, 15) is 4.79 Å². The van der Waals surface area contributed by atoms with Gasteiger partial charge >= 0.3 is 0 Å². The van der Waals surface area contributed by atoms with E-state index in [0.29, 0.717) is 25.4 Å². The summed E-state index contributed by atoms with van der Waals surface area (Å²) in [6.07, 6.45) is 1.67. The zero-order valence-electron chi connectivity index (χ0n) is 16.2. The molecule has 0 aliphatic carbocycles. The Morgan fingerprint density at radius 1 is 1.00 bits per heavy atom. The van der Waals surface area contributed by atoms with Crippen molar-refractivity contribution in [1.29, 1.82) is 0 Å². The molecule has 1 amide bonds. The highest BCUT2D eigenvalue weighted by Crippen LogP contribution is 2.21. The van der Waals surface area contributed by atoms with Gasteiger partial charge in [0.15, 0.2) is 5.69 Å². The van der Waals surface area contributed by atoms with E-state index >= 15 is 0 Å². The first kappa shape index (κ1) is 18.8. The largest absolute Gasteiger partial charge is 0.383 e. The third-order valence-electron chi connectivity index (χ3n) is 4.83. The van der Waals surface area contributed by atoms with Crippen LogP contribution < -0.4 is 0 Å². The first-order chi connectivity index (χ1) is 14.3. The molecule has 4 rings (SSSR count). The Morgan fingerprint density at radius 2 is 1.76 bits per heavy atom. The summed E-state index contributed by atoms with van der Waals surface area (Å²) in [6, 6.07) is 23.9. The summed E-state index contributed by atoms with van der Waals surface area (Å²) in [7, 11) is 1.63. The Labute approximate surface area is 169 Å². The van der Waals surface area contributed by atoms with Crippen LogP contribution in [0.25, 0.3) is 16.5 Å². The van der Waals surface area contributed by atoms with Crippen molar-refractivity contribution in [1.82, 2.24) is 19.9 Å². The van der Waals surface area contributed by atoms with Crippen molar-refractivity contribution in [3.63, 3.8) is 0 Å². The molecular weight excluding hydrogens is 364 g/mol. The highest BCUT2D eigenvalue weighted by Gasteiger charge is 2.20. The van der Waals surface area contributed by atoms with Gasteiger partial charge in [0.05, 0.1) is 18.5 Å². The minimum Gasteiger partial charge on any atom is -0.383 e. The van der Waals surface area contributed by atoms with Gasteiger partial charge in [-0.1, -0.05) is 65.9 Å². The van der Waals surface area contributed by atoms with Crippen LogP contribution in [0.1, 0.15) is 16.1 Å². The number of benzene rings is 3. The molecule has 0 saturated heterocycles.